The molecule has 3 aromatic carbocycles. The second kappa shape index (κ2) is 9.06. The summed E-state index contributed by atoms with van der Waals surface area (Å²) in [6.07, 6.45) is -8.31. The minimum atomic E-state index is -6.50. The van der Waals surface area contributed by atoms with Gasteiger partial charge >= 0.3 is 21.8 Å². The second-order valence-electron chi connectivity index (χ2n) is 6.79. The van der Waals surface area contributed by atoms with Crippen LogP contribution >= 0.6 is 0 Å². The van der Waals surface area contributed by atoms with Crippen LogP contribution in [-0.4, -0.2) is 36.7 Å². The van der Waals surface area contributed by atoms with Crippen molar-refractivity contribution >= 4 is 32.4 Å². The maximum atomic E-state index is 13.5. The molecule has 1 N–H and O–H groups in total. The Kier molecular flexibility index (Phi) is 6.71. The van der Waals surface area contributed by atoms with Crippen LogP contribution in [0.1, 0.15) is 27.6 Å². The highest BCUT2D eigenvalue weighted by Gasteiger charge is 2.50. The lowest BCUT2D eigenvalue weighted by Crippen LogP contribution is -2.31. The monoisotopic (exact) mass is 505 g/mol. The van der Waals surface area contributed by atoms with Crippen LogP contribution in [0.3, 0.4) is 0 Å². The van der Waals surface area contributed by atoms with E-state index in [4.69, 9.17) is 0 Å². The first-order valence-corrected chi connectivity index (χ1v) is 10.6. The molecule has 0 spiro atoms. The number of nitrogens with zero attached hydrogens (tertiary/aromatic N) is 1. The van der Waals surface area contributed by atoms with Gasteiger partial charge in [0.2, 0.25) is 0 Å². The Bertz CT molecular complexity index is 1350. The Morgan fingerprint density at radius 3 is 1.97 bits per heavy atom. The van der Waals surface area contributed by atoms with Gasteiger partial charge in [-0.3, -0.25) is 9.08 Å². The molecular weight excluding hydrogens is 492 g/mol. The number of hydrogen-bond acceptors (Lipinski definition) is 6. The highest BCUT2D eigenvalue weighted by molar-refractivity contribution is 7.87. The Hall–Kier alpha value is -3.45. The van der Waals surface area contributed by atoms with E-state index in [9.17, 15) is 44.7 Å². The van der Waals surface area contributed by atoms with E-state index in [2.05, 4.69) is 9.44 Å². The number of carbonyl (C=O) groups is 1. The van der Waals surface area contributed by atoms with E-state index in [1.807, 2.05) is 0 Å². The van der Waals surface area contributed by atoms with Crippen LogP contribution < -0.4 is 0 Å². The molecule has 0 aliphatic heterocycles. The summed E-state index contributed by atoms with van der Waals surface area (Å²) in [6.45, 7) is 0. The van der Waals surface area contributed by atoms with Gasteiger partial charge in [-0.25, -0.2) is 0 Å². The van der Waals surface area contributed by atoms with Gasteiger partial charge in [-0.15, -0.1) is 0 Å². The molecule has 3 rings (SSSR count). The van der Waals surface area contributed by atoms with E-state index < -0.39 is 45.0 Å². The molecule has 180 valence electrons. The number of carbonyl (C=O) groups excluding carboxylic acids is 1. The van der Waals surface area contributed by atoms with Gasteiger partial charge in [0.15, 0.2) is 11.5 Å². The first kappa shape index (κ1) is 25.2. The molecule has 0 saturated carbocycles. The molecule has 6 nitrogen and oxygen atoms in total. The zero-order valence-corrected chi connectivity index (χ0v) is 17.4. The summed E-state index contributed by atoms with van der Waals surface area (Å²) in [7, 11) is -6.50. The third-order valence-electron chi connectivity index (χ3n) is 4.60. The van der Waals surface area contributed by atoms with Crippen molar-refractivity contribution in [2.75, 3.05) is 0 Å². The van der Waals surface area contributed by atoms with Gasteiger partial charge in [0.05, 0.1) is 0 Å². The fourth-order valence-electron chi connectivity index (χ4n) is 3.04. The number of oxime groups is 1. The molecule has 0 fully saturated rings. The van der Waals surface area contributed by atoms with E-state index in [0.29, 0.717) is 0 Å². The van der Waals surface area contributed by atoms with Crippen molar-refractivity contribution in [3.05, 3.63) is 83.4 Å². The number of rotatable bonds is 6. The lowest BCUT2D eigenvalue weighted by molar-refractivity contribution is -0.0708. The number of halogens is 6. The SMILES string of the molecule is O=C(c1ccccc1)c1ccc(C(O)/C(=N/OS(=O)(=O)C(F)(F)F)C(F)(F)F)c2ccccc12. The van der Waals surface area contributed by atoms with Crippen molar-refractivity contribution in [2.45, 2.75) is 17.8 Å². The lowest BCUT2D eigenvalue weighted by Gasteiger charge is -2.19. The summed E-state index contributed by atoms with van der Waals surface area (Å²) < 4.78 is 103. The number of ketones is 1. The minimum Gasteiger partial charge on any atom is -0.382 e. The smallest absolute Gasteiger partial charge is 0.382 e. The van der Waals surface area contributed by atoms with Crippen LogP contribution in [0.4, 0.5) is 26.3 Å². The molecule has 0 aromatic heterocycles. The van der Waals surface area contributed by atoms with E-state index >= 15 is 0 Å². The van der Waals surface area contributed by atoms with Crippen LogP contribution in [-0.2, 0) is 14.4 Å². The van der Waals surface area contributed by atoms with Gasteiger partial charge in [-0.1, -0.05) is 71.9 Å². The molecule has 1 atom stereocenters. The molecule has 0 bridgehead atoms. The predicted molar refractivity (Wildman–Crippen MR) is 108 cm³/mol. The van der Waals surface area contributed by atoms with E-state index in [1.165, 1.54) is 36.4 Å². The van der Waals surface area contributed by atoms with Gasteiger partial charge in [0.25, 0.3) is 0 Å². The molecule has 0 aliphatic carbocycles. The van der Waals surface area contributed by atoms with Gasteiger partial charge in [-0.05, 0) is 16.3 Å². The van der Waals surface area contributed by atoms with Gasteiger partial charge < -0.3 is 5.11 Å². The Balaban J connectivity index is 2.12. The minimum absolute atomic E-state index is 0.0487. The van der Waals surface area contributed by atoms with Crippen LogP contribution in [0, 0.1) is 0 Å². The van der Waals surface area contributed by atoms with E-state index in [0.717, 1.165) is 12.1 Å². The van der Waals surface area contributed by atoms with Crippen molar-refractivity contribution in [1.29, 1.82) is 0 Å². The first-order chi connectivity index (χ1) is 15.7. The number of fused-ring (bicyclic) bond motifs is 1. The van der Waals surface area contributed by atoms with Crippen molar-refractivity contribution in [1.82, 2.24) is 0 Å². The molecule has 0 saturated heterocycles. The van der Waals surface area contributed by atoms with Crippen molar-refractivity contribution in [3.8, 4) is 0 Å². The average molecular weight is 505 g/mol. The first-order valence-electron chi connectivity index (χ1n) is 9.18. The van der Waals surface area contributed by atoms with Crippen molar-refractivity contribution in [2.24, 2.45) is 5.16 Å². The summed E-state index contributed by atoms with van der Waals surface area (Å²) in [6, 6.07) is 15.6. The van der Waals surface area contributed by atoms with Crippen LogP contribution in [0.15, 0.2) is 71.9 Å². The van der Waals surface area contributed by atoms with Crippen molar-refractivity contribution < 1.29 is 48.9 Å². The predicted octanol–water partition coefficient (Wildman–Crippen LogP) is 4.89. The normalized spacial score (nSPS) is 14.1. The summed E-state index contributed by atoms with van der Waals surface area (Å²) in [5.74, 6) is -0.470. The Labute approximate surface area is 188 Å². The fourth-order valence-corrected chi connectivity index (χ4v) is 3.30. The molecule has 0 heterocycles. The molecule has 3 aromatic rings. The quantitative estimate of drug-likeness (QED) is 0.169. The highest BCUT2D eigenvalue weighted by atomic mass is 32.2. The standard InChI is InChI=1S/C21H13F6NO5S/c22-20(23,24)19(28-33-34(31,32)21(25,26)27)18(30)16-11-10-15(13-8-4-5-9-14(13)16)17(29)12-6-2-1-3-7-12/h1-11,18,30H/b28-19-. The number of alkyl halides is 6. The zero-order valence-electron chi connectivity index (χ0n) is 16.6. The molecule has 13 heteroatoms. The highest BCUT2D eigenvalue weighted by Crippen LogP contribution is 2.34. The van der Waals surface area contributed by atoms with Gasteiger partial charge in [-0.2, -0.15) is 34.8 Å². The second-order valence-corrected chi connectivity index (χ2v) is 8.31. The lowest BCUT2D eigenvalue weighted by atomic mass is 9.91. The Morgan fingerprint density at radius 1 is 0.853 bits per heavy atom. The van der Waals surface area contributed by atoms with Crippen LogP contribution in [0.25, 0.3) is 10.8 Å². The molecule has 34 heavy (non-hydrogen) atoms. The third-order valence-corrected chi connectivity index (χ3v) is 5.44. The fraction of sp³-hybridized carbons (Fsp3) is 0.143. The molecule has 0 radical (unpaired) electrons. The number of aliphatic hydroxyl groups excluding tert-OH is 1. The number of benzene rings is 3. The van der Waals surface area contributed by atoms with Crippen LogP contribution in [0.2, 0.25) is 0 Å². The summed E-state index contributed by atoms with van der Waals surface area (Å²) in [5, 5.41) is 12.5. The van der Waals surface area contributed by atoms with E-state index in [1.54, 1.807) is 18.2 Å². The van der Waals surface area contributed by atoms with Crippen molar-refractivity contribution in [3.63, 3.8) is 0 Å². The van der Waals surface area contributed by atoms with Gasteiger partial charge in [0, 0.05) is 11.1 Å². The summed E-state index contributed by atoms with van der Waals surface area (Å²) >= 11 is 0. The Morgan fingerprint density at radius 2 is 1.41 bits per heavy atom. The maximum Gasteiger partial charge on any atom is 0.536 e. The molecular formula is C21H13F6NO5S. The van der Waals surface area contributed by atoms with Gasteiger partial charge in [0.1, 0.15) is 6.10 Å². The topological polar surface area (TPSA) is 93.0 Å². The third kappa shape index (κ3) is 5.04. The summed E-state index contributed by atoms with van der Waals surface area (Å²) in [5.41, 5.74) is -8.51. The average Bonchev–Trinajstić information content (AvgIpc) is 2.76. The molecule has 0 aliphatic rings. The summed E-state index contributed by atoms with van der Waals surface area (Å²) in [4.78, 5) is 12.9. The largest absolute Gasteiger partial charge is 0.536 e. The molecule has 1 unspecified atom stereocenters. The van der Waals surface area contributed by atoms with E-state index in [-0.39, 0.29) is 21.9 Å². The van der Waals surface area contributed by atoms with Crippen LogP contribution in [0.5, 0.6) is 0 Å². The number of aliphatic hydroxyl groups is 1. The zero-order chi connectivity index (χ0) is 25.3. The molecule has 0 amide bonds. The maximum absolute atomic E-state index is 13.5. The number of hydrogen-bond donors (Lipinski definition) is 1.